The molecule has 2 rings (SSSR count). The number of nitrogens with two attached hydrogens (primary N) is 1. The number of benzene rings is 1. The zero-order chi connectivity index (χ0) is 14.8. The number of hydrogen-bond donors (Lipinski definition) is 2. The van der Waals surface area contributed by atoms with E-state index in [1.54, 1.807) is 12.1 Å². The summed E-state index contributed by atoms with van der Waals surface area (Å²) in [5, 5.41) is 0. The molecule has 0 amide bonds. The lowest BCUT2D eigenvalue weighted by atomic mass is 10.2. The van der Waals surface area contributed by atoms with Crippen LogP contribution in [0.1, 0.15) is 6.42 Å². The minimum atomic E-state index is -3.44. The number of hydrogen-bond acceptors (Lipinski definition) is 5. The van der Waals surface area contributed by atoms with Gasteiger partial charge in [0.05, 0.1) is 16.3 Å². The predicted octanol–water partition coefficient (Wildman–Crippen LogP) is 0.319. The average molecular weight is 298 g/mol. The molecule has 112 valence electrons. The van der Waals surface area contributed by atoms with Crippen LogP contribution in [0.5, 0.6) is 0 Å². The molecule has 0 aromatic heterocycles. The van der Waals surface area contributed by atoms with Crippen molar-refractivity contribution in [3.05, 3.63) is 18.2 Å². The first-order chi connectivity index (χ1) is 9.44. The summed E-state index contributed by atoms with van der Waals surface area (Å²) in [6.45, 7) is 3.73. The van der Waals surface area contributed by atoms with Crippen LogP contribution in [0.2, 0.25) is 0 Å². The van der Waals surface area contributed by atoms with E-state index in [4.69, 9.17) is 5.73 Å². The predicted molar refractivity (Wildman–Crippen MR) is 81.4 cm³/mol. The summed E-state index contributed by atoms with van der Waals surface area (Å²) in [5.74, 6) is 0. The van der Waals surface area contributed by atoms with Crippen LogP contribution in [0.25, 0.3) is 0 Å². The van der Waals surface area contributed by atoms with E-state index in [0.717, 1.165) is 38.3 Å². The van der Waals surface area contributed by atoms with Crippen LogP contribution >= 0.6 is 0 Å². The van der Waals surface area contributed by atoms with Gasteiger partial charge in [-0.2, -0.15) is 0 Å². The highest BCUT2D eigenvalue weighted by Crippen LogP contribution is 2.27. The van der Waals surface area contributed by atoms with Gasteiger partial charge in [-0.05, 0) is 45.3 Å². The molecular weight excluding hydrogens is 276 g/mol. The molecule has 20 heavy (non-hydrogen) atoms. The topological polar surface area (TPSA) is 78.7 Å². The van der Waals surface area contributed by atoms with Gasteiger partial charge in [-0.25, -0.2) is 13.1 Å². The average Bonchev–Trinajstić information content (AvgIpc) is 2.64. The fourth-order valence-electron chi connectivity index (χ4n) is 2.37. The highest BCUT2D eigenvalue weighted by Gasteiger charge is 2.18. The van der Waals surface area contributed by atoms with Crippen LogP contribution in [0.15, 0.2) is 23.1 Å². The van der Waals surface area contributed by atoms with Crippen molar-refractivity contribution >= 4 is 21.4 Å². The maximum atomic E-state index is 11.9. The molecule has 1 saturated heterocycles. The Morgan fingerprint density at radius 2 is 1.95 bits per heavy atom. The number of nitrogens with zero attached hydrogens (tertiary/aromatic N) is 2. The summed E-state index contributed by atoms with van der Waals surface area (Å²) in [4.78, 5) is 4.68. The van der Waals surface area contributed by atoms with E-state index in [-0.39, 0.29) is 4.90 Å². The Balaban J connectivity index is 2.33. The van der Waals surface area contributed by atoms with Gasteiger partial charge in [0.15, 0.2) is 0 Å². The van der Waals surface area contributed by atoms with E-state index in [1.807, 2.05) is 0 Å². The monoisotopic (exact) mass is 298 g/mol. The second-order valence-corrected chi connectivity index (χ2v) is 6.96. The van der Waals surface area contributed by atoms with Gasteiger partial charge < -0.3 is 15.5 Å². The Kier molecular flexibility index (Phi) is 4.52. The molecule has 0 unspecified atom stereocenters. The molecule has 0 aliphatic carbocycles. The van der Waals surface area contributed by atoms with Crippen LogP contribution in [-0.2, 0) is 10.0 Å². The summed E-state index contributed by atoms with van der Waals surface area (Å²) >= 11 is 0. The zero-order valence-corrected chi connectivity index (χ0v) is 12.8. The Hall–Kier alpha value is -1.31. The second kappa shape index (κ2) is 5.99. The number of anilines is 2. The van der Waals surface area contributed by atoms with Crippen molar-refractivity contribution in [2.45, 2.75) is 11.3 Å². The molecule has 1 aliphatic rings. The third-order valence-electron chi connectivity index (χ3n) is 3.64. The first-order valence-corrected chi connectivity index (χ1v) is 8.19. The highest BCUT2D eigenvalue weighted by atomic mass is 32.2. The number of likely N-dealkylation sites (N-methyl/N-ethyl adjacent to an activating group) is 1. The lowest BCUT2D eigenvalue weighted by Gasteiger charge is -2.25. The van der Waals surface area contributed by atoms with Gasteiger partial charge in [0, 0.05) is 19.6 Å². The maximum Gasteiger partial charge on any atom is 0.240 e. The molecule has 7 heteroatoms. The maximum absolute atomic E-state index is 11.9. The Morgan fingerprint density at radius 3 is 2.65 bits per heavy atom. The highest BCUT2D eigenvalue weighted by molar-refractivity contribution is 7.89. The van der Waals surface area contributed by atoms with Crippen LogP contribution in [-0.4, -0.2) is 53.6 Å². The standard InChI is InChI=1S/C13H22N4O2S/c1-15-20(18,19)11-4-5-12(14)13(10-11)17-7-3-6-16(2)8-9-17/h4-5,10,15H,3,6-9,14H2,1-2H3. The van der Waals surface area contributed by atoms with Gasteiger partial charge in [-0.1, -0.05) is 0 Å². The smallest absolute Gasteiger partial charge is 0.240 e. The number of nitrogen functional groups attached to an aromatic ring is 1. The minimum Gasteiger partial charge on any atom is -0.397 e. The van der Waals surface area contributed by atoms with Crippen LogP contribution < -0.4 is 15.4 Å². The van der Waals surface area contributed by atoms with Crippen molar-refractivity contribution in [2.24, 2.45) is 0 Å². The molecule has 6 nitrogen and oxygen atoms in total. The lowest BCUT2D eigenvalue weighted by molar-refractivity contribution is 0.360. The van der Waals surface area contributed by atoms with Gasteiger partial charge in [0.1, 0.15) is 0 Å². The number of nitrogens with one attached hydrogen (secondary N) is 1. The van der Waals surface area contributed by atoms with Gasteiger partial charge in [0.25, 0.3) is 0 Å². The fraction of sp³-hybridized carbons (Fsp3) is 0.538. The molecule has 0 radical (unpaired) electrons. The van der Waals surface area contributed by atoms with Crippen molar-refractivity contribution in [3.8, 4) is 0 Å². The third kappa shape index (κ3) is 3.23. The summed E-state index contributed by atoms with van der Waals surface area (Å²) < 4.78 is 26.1. The van der Waals surface area contributed by atoms with E-state index in [1.165, 1.54) is 13.1 Å². The summed E-state index contributed by atoms with van der Waals surface area (Å²) in [6, 6.07) is 4.86. The van der Waals surface area contributed by atoms with E-state index < -0.39 is 10.0 Å². The lowest BCUT2D eigenvalue weighted by Crippen LogP contribution is -2.29. The Morgan fingerprint density at radius 1 is 1.20 bits per heavy atom. The van der Waals surface area contributed by atoms with Crippen LogP contribution in [0, 0.1) is 0 Å². The summed E-state index contributed by atoms with van der Waals surface area (Å²) in [7, 11) is 0.0623. The van der Waals surface area contributed by atoms with Crippen LogP contribution in [0.3, 0.4) is 0 Å². The van der Waals surface area contributed by atoms with Gasteiger partial charge in [0.2, 0.25) is 10.0 Å². The quantitative estimate of drug-likeness (QED) is 0.786. The molecule has 1 aromatic rings. The molecule has 0 spiro atoms. The van der Waals surface area contributed by atoms with Gasteiger partial charge in [-0.3, -0.25) is 0 Å². The van der Waals surface area contributed by atoms with Crippen molar-refractivity contribution in [1.29, 1.82) is 0 Å². The number of sulfonamides is 1. The van der Waals surface area contributed by atoms with Crippen molar-refractivity contribution in [1.82, 2.24) is 9.62 Å². The molecule has 1 heterocycles. The SMILES string of the molecule is CNS(=O)(=O)c1ccc(N)c(N2CCCN(C)CC2)c1. The molecule has 1 aliphatic heterocycles. The zero-order valence-electron chi connectivity index (χ0n) is 12.0. The summed E-state index contributed by atoms with van der Waals surface area (Å²) in [5.41, 5.74) is 7.44. The first-order valence-electron chi connectivity index (χ1n) is 6.70. The molecule has 1 aromatic carbocycles. The van der Waals surface area contributed by atoms with Crippen molar-refractivity contribution < 1.29 is 8.42 Å². The third-order valence-corrected chi connectivity index (χ3v) is 5.05. The van der Waals surface area contributed by atoms with E-state index in [2.05, 4.69) is 21.6 Å². The fourth-order valence-corrected chi connectivity index (χ4v) is 3.12. The van der Waals surface area contributed by atoms with E-state index in [9.17, 15) is 8.42 Å². The number of rotatable bonds is 3. The Bertz CT molecular complexity index is 574. The molecule has 0 saturated carbocycles. The second-order valence-electron chi connectivity index (χ2n) is 5.07. The molecular formula is C13H22N4O2S. The summed E-state index contributed by atoms with van der Waals surface area (Å²) in [6.07, 6.45) is 1.04. The van der Waals surface area contributed by atoms with E-state index in [0.29, 0.717) is 5.69 Å². The van der Waals surface area contributed by atoms with E-state index >= 15 is 0 Å². The van der Waals surface area contributed by atoms with Gasteiger partial charge in [-0.15, -0.1) is 0 Å². The molecule has 0 atom stereocenters. The molecule has 1 fully saturated rings. The van der Waals surface area contributed by atoms with Crippen LogP contribution in [0.4, 0.5) is 11.4 Å². The van der Waals surface area contributed by atoms with Crippen molar-refractivity contribution in [3.63, 3.8) is 0 Å². The molecule has 0 bridgehead atoms. The van der Waals surface area contributed by atoms with Gasteiger partial charge >= 0.3 is 0 Å². The first kappa shape index (κ1) is 15.1. The normalized spacial score (nSPS) is 18.0. The minimum absolute atomic E-state index is 0.252. The Labute approximate surface area is 120 Å². The largest absolute Gasteiger partial charge is 0.397 e. The van der Waals surface area contributed by atoms with Crippen molar-refractivity contribution in [2.75, 3.05) is 50.9 Å². The molecule has 3 N–H and O–H groups in total.